The molecule has 11 heteroatoms. The van der Waals surface area contributed by atoms with Gasteiger partial charge in [0.1, 0.15) is 5.82 Å². The summed E-state index contributed by atoms with van der Waals surface area (Å²) in [6, 6.07) is 10.1. The maximum absolute atomic E-state index is 9.55. The Kier molecular flexibility index (Phi) is 9.07. The fraction of sp³-hybridized carbons (Fsp3) is 0.308. The zero-order valence-electron chi connectivity index (χ0n) is 20.8. The van der Waals surface area contributed by atoms with E-state index >= 15 is 0 Å². The van der Waals surface area contributed by atoms with Crippen molar-refractivity contribution in [3.63, 3.8) is 0 Å². The van der Waals surface area contributed by atoms with Crippen LogP contribution >= 0.6 is 0 Å². The van der Waals surface area contributed by atoms with Crippen LogP contribution in [0.4, 0.5) is 11.6 Å². The Morgan fingerprint density at radius 2 is 1.81 bits per heavy atom. The first-order valence-electron chi connectivity index (χ1n) is 11.6. The van der Waals surface area contributed by atoms with Crippen molar-refractivity contribution in [3.05, 3.63) is 65.0 Å². The van der Waals surface area contributed by atoms with Crippen LogP contribution in [0.15, 0.2) is 42.6 Å². The molecule has 1 saturated heterocycles. The lowest BCUT2D eigenvalue weighted by atomic mass is 9.98. The van der Waals surface area contributed by atoms with Crippen LogP contribution in [0.25, 0.3) is 10.8 Å². The number of carboxylic acids is 2. The molecule has 4 rings (SSSR count). The first kappa shape index (κ1) is 27.0. The van der Waals surface area contributed by atoms with Crippen LogP contribution < -0.4 is 10.2 Å². The van der Waals surface area contributed by atoms with Crippen molar-refractivity contribution in [1.82, 2.24) is 15.2 Å². The SMILES string of the molecule is Cc1c(C#N)cccc1[C@@H](C)Nc1nnc(C)c2cnc(N3CCOCC3)cc12.O=C(O)/C=C/C(=O)O. The van der Waals surface area contributed by atoms with Gasteiger partial charge >= 0.3 is 11.9 Å². The molecule has 1 fully saturated rings. The molecule has 1 aromatic carbocycles. The second-order valence-corrected chi connectivity index (χ2v) is 8.33. The number of rotatable bonds is 6. The molecule has 0 unspecified atom stereocenters. The molecule has 3 aromatic rings. The third-order valence-corrected chi connectivity index (χ3v) is 5.85. The van der Waals surface area contributed by atoms with Crippen molar-refractivity contribution in [2.75, 3.05) is 36.5 Å². The molecule has 1 aliphatic rings. The minimum atomic E-state index is -1.26. The first-order valence-corrected chi connectivity index (χ1v) is 11.6. The molecular weight excluding hydrogens is 476 g/mol. The number of nitrogens with one attached hydrogen (secondary N) is 1. The van der Waals surface area contributed by atoms with Crippen molar-refractivity contribution in [3.8, 4) is 6.07 Å². The number of aryl methyl sites for hydroxylation is 1. The van der Waals surface area contributed by atoms with Gasteiger partial charge in [-0.15, -0.1) is 5.10 Å². The number of pyridine rings is 1. The van der Waals surface area contributed by atoms with Gasteiger partial charge in [0.15, 0.2) is 5.82 Å². The van der Waals surface area contributed by atoms with E-state index in [0.29, 0.717) is 30.9 Å². The van der Waals surface area contributed by atoms with Crippen LogP contribution in [0, 0.1) is 25.2 Å². The van der Waals surface area contributed by atoms with E-state index in [2.05, 4.69) is 44.5 Å². The lowest BCUT2D eigenvalue weighted by molar-refractivity contribution is -0.134. The van der Waals surface area contributed by atoms with Gasteiger partial charge in [0.2, 0.25) is 0 Å². The molecule has 3 heterocycles. The predicted octanol–water partition coefficient (Wildman–Crippen LogP) is 3.23. The number of carboxylic acid groups (broad SMARTS) is 2. The van der Waals surface area contributed by atoms with E-state index in [0.717, 1.165) is 52.3 Å². The van der Waals surface area contributed by atoms with E-state index < -0.39 is 11.9 Å². The summed E-state index contributed by atoms with van der Waals surface area (Å²) < 4.78 is 5.46. The molecule has 0 radical (unpaired) electrons. The van der Waals surface area contributed by atoms with Crippen LogP contribution in [-0.4, -0.2) is 63.6 Å². The molecule has 37 heavy (non-hydrogen) atoms. The van der Waals surface area contributed by atoms with E-state index in [1.54, 1.807) is 0 Å². The lowest BCUT2D eigenvalue weighted by Gasteiger charge is -2.28. The van der Waals surface area contributed by atoms with E-state index in [1.165, 1.54) is 0 Å². The summed E-state index contributed by atoms with van der Waals surface area (Å²) in [6.45, 7) is 9.07. The molecule has 11 nitrogen and oxygen atoms in total. The Morgan fingerprint density at radius 3 is 2.43 bits per heavy atom. The van der Waals surface area contributed by atoms with Crippen LogP contribution in [0.1, 0.15) is 35.3 Å². The number of fused-ring (bicyclic) bond motifs is 1. The second kappa shape index (κ2) is 12.4. The van der Waals surface area contributed by atoms with E-state index in [-0.39, 0.29) is 6.04 Å². The second-order valence-electron chi connectivity index (χ2n) is 8.33. The number of aromatic nitrogens is 3. The van der Waals surface area contributed by atoms with Crippen molar-refractivity contribution >= 4 is 34.3 Å². The zero-order chi connectivity index (χ0) is 26.9. The minimum Gasteiger partial charge on any atom is -0.478 e. The van der Waals surface area contributed by atoms with Gasteiger partial charge in [-0.3, -0.25) is 0 Å². The maximum Gasteiger partial charge on any atom is 0.328 e. The molecule has 3 N–H and O–H groups in total. The summed E-state index contributed by atoms with van der Waals surface area (Å²) >= 11 is 0. The Labute approximate surface area is 214 Å². The van der Waals surface area contributed by atoms with Gasteiger partial charge < -0.3 is 25.2 Å². The molecule has 0 spiro atoms. The lowest BCUT2D eigenvalue weighted by Crippen LogP contribution is -2.36. The molecule has 1 atom stereocenters. The van der Waals surface area contributed by atoms with Crippen LogP contribution in [0.2, 0.25) is 0 Å². The molecule has 0 saturated carbocycles. The first-order chi connectivity index (χ1) is 17.7. The van der Waals surface area contributed by atoms with Crippen molar-refractivity contribution in [2.45, 2.75) is 26.8 Å². The highest BCUT2D eigenvalue weighted by Crippen LogP contribution is 2.30. The summed E-state index contributed by atoms with van der Waals surface area (Å²) in [5.41, 5.74) is 3.59. The van der Waals surface area contributed by atoms with Gasteiger partial charge in [-0.2, -0.15) is 10.4 Å². The third kappa shape index (κ3) is 6.99. The minimum absolute atomic E-state index is 0.0245. The number of hydrogen-bond donors (Lipinski definition) is 3. The fourth-order valence-electron chi connectivity index (χ4n) is 3.90. The number of hydrogen-bond acceptors (Lipinski definition) is 9. The molecule has 192 valence electrons. The highest BCUT2D eigenvalue weighted by Gasteiger charge is 2.17. The molecule has 0 aliphatic carbocycles. The number of nitriles is 1. The van der Waals surface area contributed by atoms with E-state index in [9.17, 15) is 14.9 Å². The average Bonchev–Trinajstić information content (AvgIpc) is 2.90. The number of aliphatic carboxylic acids is 2. The third-order valence-electron chi connectivity index (χ3n) is 5.85. The number of nitrogens with zero attached hydrogens (tertiary/aromatic N) is 5. The zero-order valence-corrected chi connectivity index (χ0v) is 20.8. The van der Waals surface area contributed by atoms with Gasteiger partial charge in [0.05, 0.1) is 36.6 Å². The van der Waals surface area contributed by atoms with E-state index in [1.807, 2.05) is 38.2 Å². The summed E-state index contributed by atoms with van der Waals surface area (Å²) in [5.74, 6) is -0.872. The number of anilines is 2. The summed E-state index contributed by atoms with van der Waals surface area (Å²) in [4.78, 5) is 26.0. The predicted molar refractivity (Wildman–Crippen MR) is 137 cm³/mol. The molecule has 0 bridgehead atoms. The van der Waals surface area contributed by atoms with E-state index in [4.69, 9.17) is 14.9 Å². The molecule has 0 amide bonds. The topological polar surface area (TPSA) is 162 Å². The Hall–Kier alpha value is -4.56. The number of morpholine rings is 1. The van der Waals surface area contributed by atoms with Gasteiger partial charge in [0.25, 0.3) is 0 Å². The van der Waals surface area contributed by atoms with Crippen LogP contribution in [0.3, 0.4) is 0 Å². The Balaban J connectivity index is 0.000000414. The Morgan fingerprint density at radius 1 is 1.14 bits per heavy atom. The van der Waals surface area contributed by atoms with Crippen molar-refractivity contribution in [1.29, 1.82) is 5.26 Å². The van der Waals surface area contributed by atoms with Gasteiger partial charge in [-0.05, 0) is 44.0 Å². The largest absolute Gasteiger partial charge is 0.478 e. The fourth-order valence-corrected chi connectivity index (χ4v) is 3.90. The van der Waals surface area contributed by atoms with Gasteiger partial charge in [-0.1, -0.05) is 12.1 Å². The number of benzene rings is 1. The van der Waals surface area contributed by atoms with Crippen LogP contribution in [-0.2, 0) is 14.3 Å². The summed E-state index contributed by atoms with van der Waals surface area (Å²) in [6.07, 6.45) is 2.99. The molecule has 1 aliphatic heterocycles. The normalized spacial score (nSPS) is 13.9. The Bertz CT molecular complexity index is 1350. The van der Waals surface area contributed by atoms with Crippen molar-refractivity contribution < 1.29 is 24.5 Å². The summed E-state index contributed by atoms with van der Waals surface area (Å²) in [5, 5.41) is 39.2. The van der Waals surface area contributed by atoms with Gasteiger partial charge in [-0.25, -0.2) is 14.6 Å². The monoisotopic (exact) mass is 504 g/mol. The quantitative estimate of drug-likeness (QED) is 0.423. The number of carbonyl (C=O) groups is 2. The maximum atomic E-state index is 9.55. The van der Waals surface area contributed by atoms with Crippen molar-refractivity contribution in [2.24, 2.45) is 0 Å². The molecular formula is C26H28N6O5. The highest BCUT2D eigenvalue weighted by atomic mass is 16.5. The average molecular weight is 505 g/mol. The standard InChI is InChI=1S/C22H24N6O.C4H4O4/c1-14-17(12-23)5-4-6-18(14)15(2)25-22-19-11-21(28-7-9-29-10-8-28)24-13-20(19)16(3)26-27-22;5-3(6)1-2-4(7)8/h4-6,11,13,15H,7-10H2,1-3H3,(H,25,27);1-2H,(H,5,6)(H,7,8)/b;2-1+/t15-;/m1./s1. The number of ether oxygens (including phenoxy) is 1. The van der Waals surface area contributed by atoms with Crippen LogP contribution in [0.5, 0.6) is 0 Å². The molecule has 2 aromatic heterocycles. The smallest absolute Gasteiger partial charge is 0.328 e. The highest BCUT2D eigenvalue weighted by molar-refractivity contribution is 5.94. The summed E-state index contributed by atoms with van der Waals surface area (Å²) in [7, 11) is 0. The van der Waals surface area contributed by atoms with Gasteiger partial charge in [0, 0.05) is 42.2 Å².